The van der Waals surface area contributed by atoms with Crippen LogP contribution in [0.4, 0.5) is 5.69 Å². The van der Waals surface area contributed by atoms with Gasteiger partial charge in [-0.05, 0) is 24.3 Å². The number of ether oxygens (including phenoxy) is 4. The first-order valence-corrected chi connectivity index (χ1v) is 7.84. The Morgan fingerprint density at radius 1 is 1.07 bits per heavy atom. The molecule has 0 unspecified atom stereocenters. The van der Waals surface area contributed by atoms with Gasteiger partial charge in [-0.25, -0.2) is 9.59 Å². The van der Waals surface area contributed by atoms with Crippen LogP contribution in [0, 0.1) is 10.1 Å². The molecule has 27 heavy (non-hydrogen) atoms. The molecule has 0 aliphatic carbocycles. The highest BCUT2D eigenvalue weighted by Crippen LogP contribution is 2.25. The summed E-state index contributed by atoms with van der Waals surface area (Å²) in [6, 6.07) is 11.5. The van der Waals surface area contributed by atoms with Crippen molar-refractivity contribution >= 4 is 17.6 Å². The van der Waals surface area contributed by atoms with E-state index in [0.29, 0.717) is 0 Å². The molecule has 142 valence electrons. The molecule has 0 atom stereocenters. The largest absolute Gasteiger partial charge is 0.475 e. The number of rotatable bonds is 9. The Balaban J connectivity index is 1.93. The third-order valence-electron chi connectivity index (χ3n) is 3.23. The van der Waals surface area contributed by atoms with E-state index < -0.39 is 23.5 Å². The first-order valence-electron chi connectivity index (χ1n) is 7.84. The summed E-state index contributed by atoms with van der Waals surface area (Å²) in [5.74, 6) is -1.29. The topological polar surface area (TPSA) is 114 Å². The highest BCUT2D eigenvalue weighted by molar-refractivity contribution is 5.90. The Morgan fingerprint density at radius 3 is 2.59 bits per heavy atom. The van der Waals surface area contributed by atoms with Crippen LogP contribution in [0.15, 0.2) is 48.5 Å². The number of methoxy groups -OCH3 is 1. The van der Waals surface area contributed by atoms with Crippen molar-refractivity contribution < 1.29 is 33.5 Å². The van der Waals surface area contributed by atoms with Crippen LogP contribution in [0.2, 0.25) is 0 Å². The molecule has 0 saturated carbocycles. The van der Waals surface area contributed by atoms with Gasteiger partial charge in [-0.15, -0.1) is 0 Å². The summed E-state index contributed by atoms with van der Waals surface area (Å²) < 4.78 is 20.0. The number of benzene rings is 2. The lowest BCUT2D eigenvalue weighted by atomic mass is 10.2. The van der Waals surface area contributed by atoms with E-state index in [1.807, 2.05) is 0 Å². The van der Waals surface area contributed by atoms with Gasteiger partial charge in [0.15, 0.2) is 12.4 Å². The second-order valence-electron chi connectivity index (χ2n) is 5.14. The van der Waals surface area contributed by atoms with Crippen molar-refractivity contribution in [2.75, 3.05) is 26.9 Å². The van der Waals surface area contributed by atoms with Crippen molar-refractivity contribution in [3.05, 3.63) is 64.2 Å². The molecule has 0 aliphatic heterocycles. The van der Waals surface area contributed by atoms with E-state index >= 15 is 0 Å². The third kappa shape index (κ3) is 6.08. The van der Waals surface area contributed by atoms with E-state index in [9.17, 15) is 19.7 Å². The summed E-state index contributed by atoms with van der Waals surface area (Å²) in [4.78, 5) is 34.1. The van der Waals surface area contributed by atoms with Gasteiger partial charge in [-0.2, -0.15) is 0 Å². The van der Waals surface area contributed by atoms with Gasteiger partial charge in [0.25, 0.3) is 0 Å². The van der Waals surface area contributed by atoms with Crippen LogP contribution in [0.5, 0.6) is 11.5 Å². The zero-order valence-corrected chi connectivity index (χ0v) is 14.5. The summed E-state index contributed by atoms with van der Waals surface area (Å²) in [5.41, 5.74) is -0.0536. The fourth-order valence-corrected chi connectivity index (χ4v) is 2.02. The minimum absolute atomic E-state index is 0.0464. The van der Waals surface area contributed by atoms with Crippen LogP contribution < -0.4 is 9.47 Å². The van der Waals surface area contributed by atoms with Gasteiger partial charge in [-0.3, -0.25) is 10.1 Å². The van der Waals surface area contributed by atoms with E-state index in [1.54, 1.807) is 6.07 Å². The molecule has 0 spiro atoms. The van der Waals surface area contributed by atoms with Crippen molar-refractivity contribution in [3.8, 4) is 11.5 Å². The molecule has 2 rings (SSSR count). The molecule has 9 nitrogen and oxygen atoms in total. The minimum atomic E-state index is -0.780. The van der Waals surface area contributed by atoms with E-state index in [2.05, 4.69) is 0 Å². The maximum atomic E-state index is 11.9. The van der Waals surface area contributed by atoms with Crippen molar-refractivity contribution in [1.29, 1.82) is 0 Å². The normalized spacial score (nSPS) is 10.1. The SMILES string of the molecule is COCCOC(=O)c1cccc(OC(=O)COc2ccccc2[N+](=O)[O-])c1. The fourth-order valence-electron chi connectivity index (χ4n) is 2.02. The summed E-state index contributed by atoms with van der Waals surface area (Å²) in [6.45, 7) is -0.167. The summed E-state index contributed by atoms with van der Waals surface area (Å²) in [5, 5.41) is 10.9. The molecule has 0 amide bonds. The molecule has 0 bridgehead atoms. The van der Waals surface area contributed by atoms with E-state index in [1.165, 1.54) is 49.6 Å². The maximum Gasteiger partial charge on any atom is 0.349 e. The molecule has 0 aliphatic rings. The third-order valence-corrected chi connectivity index (χ3v) is 3.23. The Labute approximate surface area is 154 Å². The van der Waals surface area contributed by atoms with E-state index in [4.69, 9.17) is 18.9 Å². The van der Waals surface area contributed by atoms with Gasteiger partial charge in [0, 0.05) is 13.2 Å². The van der Waals surface area contributed by atoms with Crippen molar-refractivity contribution in [3.63, 3.8) is 0 Å². The van der Waals surface area contributed by atoms with Crippen LogP contribution in [0.3, 0.4) is 0 Å². The molecular formula is C18H17NO8. The second-order valence-corrected chi connectivity index (χ2v) is 5.14. The Hall–Kier alpha value is -3.46. The number of nitrogens with zero attached hydrogens (tertiary/aromatic N) is 1. The van der Waals surface area contributed by atoms with E-state index in [-0.39, 0.29) is 36.0 Å². The number of nitro groups is 1. The van der Waals surface area contributed by atoms with Crippen LogP contribution in [-0.4, -0.2) is 43.8 Å². The van der Waals surface area contributed by atoms with Crippen LogP contribution >= 0.6 is 0 Å². The Morgan fingerprint density at radius 2 is 1.85 bits per heavy atom. The average molecular weight is 375 g/mol. The summed E-state index contributed by atoms with van der Waals surface area (Å²) >= 11 is 0. The molecule has 0 N–H and O–H groups in total. The highest BCUT2D eigenvalue weighted by atomic mass is 16.6. The number of carbonyl (C=O) groups excluding carboxylic acids is 2. The minimum Gasteiger partial charge on any atom is -0.475 e. The molecule has 0 fully saturated rings. The molecule has 2 aromatic rings. The predicted octanol–water partition coefficient (Wildman–Crippen LogP) is 2.38. The van der Waals surface area contributed by atoms with Crippen LogP contribution in [0.1, 0.15) is 10.4 Å². The first-order chi connectivity index (χ1) is 13.0. The number of esters is 2. The van der Waals surface area contributed by atoms with Gasteiger partial charge in [0.05, 0.1) is 17.1 Å². The van der Waals surface area contributed by atoms with E-state index in [0.717, 1.165) is 0 Å². The number of para-hydroxylation sites is 2. The molecule has 0 aromatic heterocycles. The predicted molar refractivity (Wildman–Crippen MR) is 92.8 cm³/mol. The zero-order valence-electron chi connectivity index (χ0n) is 14.5. The fraction of sp³-hybridized carbons (Fsp3) is 0.222. The molecule has 0 radical (unpaired) electrons. The van der Waals surface area contributed by atoms with Gasteiger partial charge >= 0.3 is 17.6 Å². The monoisotopic (exact) mass is 375 g/mol. The van der Waals surface area contributed by atoms with Crippen LogP contribution in [0.25, 0.3) is 0 Å². The molecule has 9 heteroatoms. The molecule has 0 heterocycles. The molecule has 2 aromatic carbocycles. The van der Waals surface area contributed by atoms with Gasteiger partial charge in [-0.1, -0.05) is 18.2 Å². The summed E-state index contributed by atoms with van der Waals surface area (Å²) in [7, 11) is 1.49. The standard InChI is InChI=1S/C18H17NO8/c1-24-9-10-25-18(21)13-5-4-6-14(11-13)27-17(20)12-26-16-8-3-2-7-15(16)19(22)23/h2-8,11H,9-10,12H2,1H3. The number of hydrogen-bond donors (Lipinski definition) is 0. The lowest BCUT2D eigenvalue weighted by Gasteiger charge is -2.08. The number of carbonyl (C=O) groups is 2. The smallest absolute Gasteiger partial charge is 0.349 e. The first kappa shape index (κ1) is 19.9. The quantitative estimate of drug-likeness (QED) is 0.216. The highest BCUT2D eigenvalue weighted by Gasteiger charge is 2.16. The van der Waals surface area contributed by atoms with Gasteiger partial charge < -0.3 is 18.9 Å². The van der Waals surface area contributed by atoms with Crippen molar-refractivity contribution in [2.45, 2.75) is 0 Å². The van der Waals surface area contributed by atoms with Crippen LogP contribution in [-0.2, 0) is 14.3 Å². The number of nitro benzene ring substituents is 1. The van der Waals surface area contributed by atoms with Gasteiger partial charge in [0.2, 0.25) is 0 Å². The zero-order chi connectivity index (χ0) is 19.6. The Bertz CT molecular complexity index is 821. The average Bonchev–Trinajstić information content (AvgIpc) is 2.67. The van der Waals surface area contributed by atoms with Crippen molar-refractivity contribution in [1.82, 2.24) is 0 Å². The second kappa shape index (κ2) is 9.88. The molecular weight excluding hydrogens is 358 g/mol. The maximum absolute atomic E-state index is 11.9. The lowest BCUT2D eigenvalue weighted by Crippen LogP contribution is -2.18. The van der Waals surface area contributed by atoms with Gasteiger partial charge in [0.1, 0.15) is 12.4 Å². The molecule has 0 saturated heterocycles. The number of hydrogen-bond acceptors (Lipinski definition) is 8. The summed E-state index contributed by atoms with van der Waals surface area (Å²) in [6.07, 6.45) is 0. The lowest BCUT2D eigenvalue weighted by molar-refractivity contribution is -0.385. The van der Waals surface area contributed by atoms with Crippen molar-refractivity contribution in [2.24, 2.45) is 0 Å². The Kier molecular flexibility index (Phi) is 7.26.